The van der Waals surface area contributed by atoms with Gasteiger partial charge < -0.3 is 4.74 Å². The van der Waals surface area contributed by atoms with Crippen LogP contribution in [0.3, 0.4) is 0 Å². The summed E-state index contributed by atoms with van der Waals surface area (Å²) >= 11 is 6.31. The molecule has 2 aliphatic rings. The third kappa shape index (κ3) is 3.21. The highest BCUT2D eigenvalue weighted by Gasteiger charge is 2.42. The molecule has 0 bridgehead atoms. The van der Waals surface area contributed by atoms with E-state index in [9.17, 15) is 9.18 Å². The molecule has 4 aromatic rings. The van der Waals surface area contributed by atoms with Gasteiger partial charge in [0.25, 0.3) is 0 Å². The second kappa shape index (κ2) is 7.46. The number of para-hydroxylation sites is 1. The van der Waals surface area contributed by atoms with Gasteiger partial charge in [0.15, 0.2) is 0 Å². The van der Waals surface area contributed by atoms with Gasteiger partial charge in [0.05, 0.1) is 17.3 Å². The first-order valence-electron chi connectivity index (χ1n) is 10.7. The van der Waals surface area contributed by atoms with E-state index in [1.54, 1.807) is 23.6 Å². The number of hydrazone groups is 1. The molecule has 0 N–H and O–H groups in total. The van der Waals surface area contributed by atoms with Crippen LogP contribution < -0.4 is 4.74 Å². The van der Waals surface area contributed by atoms with E-state index in [0.29, 0.717) is 11.4 Å². The Bertz CT molecular complexity index is 1440. The predicted molar refractivity (Wildman–Crippen MR) is 125 cm³/mol. The van der Waals surface area contributed by atoms with Crippen molar-refractivity contribution >= 4 is 34.1 Å². The Morgan fingerprint density at radius 1 is 1.09 bits per heavy atom. The van der Waals surface area contributed by atoms with Gasteiger partial charge in [-0.1, -0.05) is 41.9 Å². The Balaban J connectivity index is 1.52. The van der Waals surface area contributed by atoms with Gasteiger partial charge in [-0.2, -0.15) is 5.10 Å². The smallest absolute Gasteiger partial charge is 0.227 e. The molecule has 164 valence electrons. The lowest BCUT2D eigenvalue weighted by Gasteiger charge is -2.38. The number of carbonyl (C=O) groups is 1. The molecule has 6 rings (SSSR count). The van der Waals surface area contributed by atoms with Crippen LogP contribution in [0, 0.1) is 5.82 Å². The average Bonchev–Trinajstić information content (AvgIpc) is 3.42. The Morgan fingerprint density at radius 2 is 1.88 bits per heavy atom. The van der Waals surface area contributed by atoms with Crippen LogP contribution in [0.4, 0.5) is 4.39 Å². The number of fused-ring (bicyclic) bond motifs is 4. The molecule has 0 unspecified atom stereocenters. The second-order valence-corrected chi connectivity index (χ2v) is 8.73. The Kier molecular flexibility index (Phi) is 4.52. The molecule has 0 spiro atoms. The molecule has 5 nitrogen and oxygen atoms in total. The van der Waals surface area contributed by atoms with Crippen LogP contribution in [0.1, 0.15) is 47.1 Å². The van der Waals surface area contributed by atoms with Crippen molar-refractivity contribution in [3.05, 3.63) is 100 Å². The predicted octanol–water partition coefficient (Wildman–Crippen LogP) is 6.34. The zero-order valence-electron chi connectivity index (χ0n) is 17.7. The van der Waals surface area contributed by atoms with Crippen LogP contribution in [0.15, 0.2) is 78.0 Å². The fraction of sp³-hybridized carbons (Fsp3) is 0.154. The maximum atomic E-state index is 13.5. The van der Waals surface area contributed by atoms with Gasteiger partial charge in [0.1, 0.15) is 11.6 Å². The summed E-state index contributed by atoms with van der Waals surface area (Å²) in [5.41, 5.74) is 4.34. The SMILES string of the molecule is CC(=O)n1cc([C@@H]2Oc3ccc(Cl)cc3[C@@H]3CC(c4ccc(F)cc4)=NN32)c2ccccc21. The van der Waals surface area contributed by atoms with Gasteiger partial charge in [-0.05, 0) is 42.0 Å². The normalized spacial score (nSPS) is 19.1. The molecule has 7 heteroatoms. The highest BCUT2D eigenvalue weighted by Crippen LogP contribution is 2.49. The van der Waals surface area contributed by atoms with E-state index < -0.39 is 6.23 Å². The highest BCUT2D eigenvalue weighted by atomic mass is 35.5. The molecular weight excluding hydrogens is 441 g/mol. The molecule has 0 saturated carbocycles. The first-order chi connectivity index (χ1) is 16.0. The van der Waals surface area contributed by atoms with Crippen LogP contribution in [0.25, 0.3) is 10.9 Å². The second-order valence-electron chi connectivity index (χ2n) is 8.30. The minimum atomic E-state index is -0.535. The molecule has 1 aromatic heterocycles. The number of hydrogen-bond acceptors (Lipinski definition) is 4. The van der Waals surface area contributed by atoms with Crippen LogP contribution in [0.5, 0.6) is 5.75 Å². The zero-order chi connectivity index (χ0) is 22.7. The molecule has 0 amide bonds. The van der Waals surface area contributed by atoms with E-state index in [4.69, 9.17) is 21.4 Å². The Morgan fingerprint density at radius 3 is 2.67 bits per heavy atom. The lowest BCUT2D eigenvalue weighted by molar-refractivity contribution is -0.0181. The number of aromatic nitrogens is 1. The summed E-state index contributed by atoms with van der Waals surface area (Å²) in [4.78, 5) is 12.3. The fourth-order valence-corrected chi connectivity index (χ4v) is 4.92. The topological polar surface area (TPSA) is 46.8 Å². The van der Waals surface area contributed by atoms with Crippen molar-refractivity contribution < 1.29 is 13.9 Å². The monoisotopic (exact) mass is 459 g/mol. The van der Waals surface area contributed by atoms with Gasteiger partial charge in [-0.25, -0.2) is 9.40 Å². The number of nitrogens with zero attached hydrogens (tertiary/aromatic N) is 3. The van der Waals surface area contributed by atoms with Crippen molar-refractivity contribution in [3.8, 4) is 5.75 Å². The van der Waals surface area contributed by atoms with Crippen molar-refractivity contribution in [3.63, 3.8) is 0 Å². The Labute approximate surface area is 194 Å². The summed E-state index contributed by atoms with van der Waals surface area (Å²) in [5, 5.41) is 8.41. The lowest BCUT2D eigenvalue weighted by atomic mass is 9.96. The summed E-state index contributed by atoms with van der Waals surface area (Å²) in [7, 11) is 0. The van der Waals surface area contributed by atoms with Crippen molar-refractivity contribution in [1.82, 2.24) is 9.58 Å². The van der Waals surface area contributed by atoms with Crippen molar-refractivity contribution in [2.75, 3.05) is 0 Å². The van der Waals surface area contributed by atoms with E-state index in [1.807, 2.05) is 53.7 Å². The molecular formula is C26H19ClFN3O2. The summed E-state index contributed by atoms with van der Waals surface area (Å²) in [6, 6.07) is 19.6. The first kappa shape index (κ1) is 20.0. The van der Waals surface area contributed by atoms with Crippen molar-refractivity contribution in [2.24, 2.45) is 5.10 Å². The van der Waals surface area contributed by atoms with Gasteiger partial charge in [-0.3, -0.25) is 9.36 Å². The van der Waals surface area contributed by atoms with Crippen LogP contribution >= 0.6 is 11.6 Å². The lowest BCUT2D eigenvalue weighted by Crippen LogP contribution is -2.33. The van der Waals surface area contributed by atoms with Crippen LogP contribution in [-0.2, 0) is 0 Å². The summed E-state index contributed by atoms with van der Waals surface area (Å²) in [6.45, 7) is 1.54. The van der Waals surface area contributed by atoms with E-state index in [0.717, 1.165) is 39.1 Å². The molecule has 0 saturated heterocycles. The standard InChI is InChI=1S/C26H19ClFN3O2/c1-15(32)30-14-21(19-4-2-3-5-23(19)30)26-31-24(20-12-17(27)8-11-25(20)33-26)13-22(29-31)16-6-9-18(28)10-7-16/h2-12,14,24,26H,13H2,1H3/t24-,26-/m0/s1. The fourth-order valence-electron chi connectivity index (χ4n) is 4.74. The molecule has 2 atom stereocenters. The molecule has 0 fully saturated rings. The third-order valence-electron chi connectivity index (χ3n) is 6.28. The maximum absolute atomic E-state index is 13.5. The van der Waals surface area contributed by atoms with Crippen LogP contribution in [-0.4, -0.2) is 21.2 Å². The summed E-state index contributed by atoms with van der Waals surface area (Å²) < 4.78 is 21.6. The number of carbonyl (C=O) groups excluding carboxylic acids is 1. The Hall–Kier alpha value is -3.64. The van der Waals surface area contributed by atoms with E-state index in [2.05, 4.69) is 0 Å². The zero-order valence-corrected chi connectivity index (χ0v) is 18.5. The highest BCUT2D eigenvalue weighted by molar-refractivity contribution is 6.30. The summed E-state index contributed by atoms with van der Waals surface area (Å²) in [6.07, 6.45) is 1.93. The number of benzene rings is 3. The minimum absolute atomic E-state index is 0.0751. The largest absolute Gasteiger partial charge is 0.464 e. The van der Waals surface area contributed by atoms with Gasteiger partial charge in [0.2, 0.25) is 12.1 Å². The van der Waals surface area contributed by atoms with Gasteiger partial charge in [0, 0.05) is 41.1 Å². The average molecular weight is 460 g/mol. The van der Waals surface area contributed by atoms with Gasteiger partial charge in [-0.15, -0.1) is 0 Å². The van der Waals surface area contributed by atoms with E-state index >= 15 is 0 Å². The number of rotatable bonds is 2. The molecule has 3 heterocycles. The maximum Gasteiger partial charge on any atom is 0.227 e. The number of halogens is 2. The summed E-state index contributed by atoms with van der Waals surface area (Å²) in [5.74, 6) is 0.375. The molecule has 33 heavy (non-hydrogen) atoms. The minimum Gasteiger partial charge on any atom is -0.464 e. The van der Waals surface area contributed by atoms with E-state index in [1.165, 1.54) is 12.1 Å². The third-order valence-corrected chi connectivity index (χ3v) is 6.51. The molecule has 3 aromatic carbocycles. The van der Waals surface area contributed by atoms with Gasteiger partial charge >= 0.3 is 0 Å². The van der Waals surface area contributed by atoms with Crippen LogP contribution in [0.2, 0.25) is 5.02 Å². The quantitative estimate of drug-likeness (QED) is 0.351. The molecule has 2 aliphatic heterocycles. The molecule has 0 radical (unpaired) electrons. The van der Waals surface area contributed by atoms with E-state index in [-0.39, 0.29) is 17.8 Å². The first-order valence-corrected chi connectivity index (χ1v) is 11.1. The van der Waals surface area contributed by atoms with Crippen molar-refractivity contribution in [1.29, 1.82) is 0 Å². The number of hydrogen-bond donors (Lipinski definition) is 0. The molecule has 0 aliphatic carbocycles. The van der Waals surface area contributed by atoms with Crippen molar-refractivity contribution in [2.45, 2.75) is 25.6 Å². The number of ether oxygens (including phenoxy) is 1.